The maximum absolute atomic E-state index is 13.0. The second-order valence-electron chi connectivity index (χ2n) is 6.22. The van der Waals surface area contributed by atoms with Crippen molar-refractivity contribution in [1.29, 1.82) is 0 Å². The summed E-state index contributed by atoms with van der Waals surface area (Å²) in [4.78, 5) is 24.6. The number of benzene rings is 3. The first kappa shape index (κ1) is 19.2. The van der Waals surface area contributed by atoms with Gasteiger partial charge in [0.05, 0.1) is 5.39 Å². The molecule has 1 heterocycles. The Morgan fingerprint density at radius 3 is 2.40 bits per heavy atom. The van der Waals surface area contributed by atoms with Crippen LogP contribution in [0.3, 0.4) is 0 Å². The van der Waals surface area contributed by atoms with Crippen LogP contribution in [0.1, 0.15) is 0 Å². The quantitative estimate of drug-likeness (QED) is 0.341. The zero-order chi connectivity index (χ0) is 20.9. The fourth-order valence-electron chi connectivity index (χ4n) is 2.67. The van der Waals surface area contributed by atoms with E-state index in [0.29, 0.717) is 11.5 Å². The Hall–Kier alpha value is -4.13. The highest BCUT2D eigenvalue weighted by atomic mass is 19.1. The predicted molar refractivity (Wildman–Crippen MR) is 107 cm³/mol. The Morgan fingerprint density at radius 1 is 0.900 bits per heavy atom. The summed E-state index contributed by atoms with van der Waals surface area (Å²) in [7, 11) is 0. The first-order valence-corrected chi connectivity index (χ1v) is 8.96. The molecule has 0 atom stereocenters. The zero-order valence-electron chi connectivity index (χ0n) is 15.5. The molecule has 3 aromatic carbocycles. The fourth-order valence-corrected chi connectivity index (χ4v) is 2.67. The van der Waals surface area contributed by atoms with Gasteiger partial charge in [0.25, 0.3) is 0 Å². The molecule has 1 aromatic heterocycles. The molecule has 0 bridgehead atoms. The van der Waals surface area contributed by atoms with Crippen LogP contribution in [0.2, 0.25) is 0 Å². The Balaban J connectivity index is 1.47. The number of hydrogen-bond acceptors (Lipinski definition) is 6. The first-order chi connectivity index (χ1) is 14.6. The molecule has 4 rings (SSSR count). The summed E-state index contributed by atoms with van der Waals surface area (Å²) < 4.78 is 34.5. The number of ether oxygens (including phenoxy) is 3. The van der Waals surface area contributed by atoms with E-state index in [0.717, 1.165) is 6.26 Å². The maximum atomic E-state index is 13.0. The molecule has 0 unspecified atom stereocenters. The van der Waals surface area contributed by atoms with E-state index < -0.39 is 17.2 Å². The molecular weight excluding hydrogens is 391 g/mol. The van der Waals surface area contributed by atoms with E-state index in [9.17, 15) is 14.0 Å². The lowest BCUT2D eigenvalue weighted by Gasteiger charge is -2.08. The summed E-state index contributed by atoms with van der Waals surface area (Å²) in [6.07, 6.45) is 1.15. The van der Waals surface area contributed by atoms with E-state index in [1.165, 1.54) is 42.5 Å². The van der Waals surface area contributed by atoms with E-state index in [-0.39, 0.29) is 29.1 Å². The van der Waals surface area contributed by atoms with E-state index in [1.54, 1.807) is 24.3 Å². The largest absolute Gasteiger partial charge is 0.482 e. The van der Waals surface area contributed by atoms with Gasteiger partial charge in [0.15, 0.2) is 6.61 Å². The molecule has 0 radical (unpaired) electrons. The van der Waals surface area contributed by atoms with Gasteiger partial charge < -0.3 is 18.6 Å². The van der Waals surface area contributed by atoms with Crippen molar-refractivity contribution >= 4 is 16.9 Å². The third-order valence-electron chi connectivity index (χ3n) is 4.09. The number of esters is 1. The number of carbonyl (C=O) groups excluding carboxylic acids is 1. The van der Waals surface area contributed by atoms with Gasteiger partial charge in [-0.3, -0.25) is 4.79 Å². The fraction of sp³-hybridized carbons (Fsp3) is 0.0435. The molecule has 0 fully saturated rings. The lowest BCUT2D eigenvalue weighted by Crippen LogP contribution is -2.17. The highest BCUT2D eigenvalue weighted by Crippen LogP contribution is 2.24. The Morgan fingerprint density at radius 2 is 1.63 bits per heavy atom. The number of halogens is 1. The van der Waals surface area contributed by atoms with Crippen molar-refractivity contribution in [2.75, 3.05) is 6.61 Å². The molecule has 0 saturated carbocycles. The van der Waals surface area contributed by atoms with E-state index in [4.69, 9.17) is 18.6 Å². The van der Waals surface area contributed by atoms with Crippen molar-refractivity contribution in [3.05, 3.63) is 95.1 Å². The van der Waals surface area contributed by atoms with Gasteiger partial charge in [0.2, 0.25) is 11.2 Å². The smallest absolute Gasteiger partial charge is 0.349 e. The molecule has 7 heteroatoms. The monoisotopic (exact) mass is 406 g/mol. The van der Waals surface area contributed by atoms with Gasteiger partial charge >= 0.3 is 5.97 Å². The third kappa shape index (κ3) is 4.47. The standard InChI is InChI=1S/C23H15FO6/c24-15-6-8-17(9-7-15)29-21-13-28-20-12-18(10-11-19(20)23(21)26)30-22(25)14-27-16-4-2-1-3-5-16/h1-13H,14H2. The van der Waals surface area contributed by atoms with E-state index >= 15 is 0 Å². The molecule has 0 saturated heterocycles. The van der Waals surface area contributed by atoms with Crippen LogP contribution in [0.15, 0.2) is 88.3 Å². The SMILES string of the molecule is O=C(COc1ccccc1)Oc1ccc2c(=O)c(Oc3ccc(F)cc3)coc2c1. The second kappa shape index (κ2) is 8.48. The number of para-hydroxylation sites is 1. The van der Waals surface area contributed by atoms with E-state index in [2.05, 4.69) is 0 Å². The van der Waals surface area contributed by atoms with Gasteiger partial charge in [-0.25, -0.2) is 9.18 Å². The molecule has 0 aliphatic heterocycles. The molecule has 0 spiro atoms. The molecule has 0 amide bonds. The summed E-state index contributed by atoms with van der Waals surface area (Å²) in [6, 6.07) is 18.5. The minimum atomic E-state index is -0.600. The van der Waals surface area contributed by atoms with Crippen LogP contribution in [-0.2, 0) is 4.79 Å². The summed E-state index contributed by atoms with van der Waals surface area (Å²) in [6.45, 7) is -0.267. The van der Waals surface area contributed by atoms with Crippen molar-refractivity contribution in [1.82, 2.24) is 0 Å². The number of fused-ring (bicyclic) bond motifs is 1. The van der Waals surface area contributed by atoms with Gasteiger partial charge in [0.1, 0.15) is 34.9 Å². The van der Waals surface area contributed by atoms with Crippen LogP contribution in [0.5, 0.6) is 23.0 Å². The average molecular weight is 406 g/mol. The summed E-state index contributed by atoms with van der Waals surface area (Å²) >= 11 is 0. The normalized spacial score (nSPS) is 10.6. The van der Waals surface area contributed by atoms with Crippen LogP contribution in [0.4, 0.5) is 4.39 Å². The van der Waals surface area contributed by atoms with Crippen LogP contribution in [-0.4, -0.2) is 12.6 Å². The minimum Gasteiger partial charge on any atom is -0.482 e. The Bertz CT molecular complexity index is 1230. The highest BCUT2D eigenvalue weighted by Gasteiger charge is 2.12. The van der Waals surface area contributed by atoms with Gasteiger partial charge in [0, 0.05) is 6.07 Å². The predicted octanol–water partition coefficient (Wildman–Crippen LogP) is 4.71. The molecule has 150 valence electrons. The van der Waals surface area contributed by atoms with Gasteiger partial charge in [-0.1, -0.05) is 18.2 Å². The van der Waals surface area contributed by atoms with Crippen LogP contribution in [0.25, 0.3) is 11.0 Å². The Labute approximate surface area is 170 Å². The van der Waals surface area contributed by atoms with Crippen molar-refractivity contribution in [3.63, 3.8) is 0 Å². The molecule has 0 aliphatic carbocycles. The first-order valence-electron chi connectivity index (χ1n) is 8.96. The lowest BCUT2D eigenvalue weighted by atomic mass is 10.2. The summed E-state index contributed by atoms with van der Waals surface area (Å²) in [5.41, 5.74) is -0.188. The van der Waals surface area contributed by atoms with Gasteiger partial charge in [-0.2, -0.15) is 0 Å². The number of rotatable bonds is 6. The molecule has 0 aliphatic rings. The molecule has 6 nitrogen and oxygen atoms in total. The summed E-state index contributed by atoms with van der Waals surface area (Å²) in [5.74, 6) is -0.00441. The zero-order valence-corrected chi connectivity index (χ0v) is 15.5. The number of hydrogen-bond donors (Lipinski definition) is 0. The van der Waals surface area contributed by atoms with Crippen molar-refractivity contribution in [2.45, 2.75) is 0 Å². The van der Waals surface area contributed by atoms with E-state index in [1.807, 2.05) is 6.07 Å². The van der Waals surface area contributed by atoms with Crippen LogP contribution in [0, 0.1) is 5.82 Å². The summed E-state index contributed by atoms with van der Waals surface area (Å²) in [5, 5.41) is 0.245. The topological polar surface area (TPSA) is 75.0 Å². The lowest BCUT2D eigenvalue weighted by molar-refractivity contribution is -0.136. The molecule has 0 N–H and O–H groups in total. The highest BCUT2D eigenvalue weighted by molar-refractivity contribution is 5.81. The maximum Gasteiger partial charge on any atom is 0.349 e. The van der Waals surface area contributed by atoms with Crippen LogP contribution < -0.4 is 19.6 Å². The van der Waals surface area contributed by atoms with Crippen molar-refractivity contribution in [2.24, 2.45) is 0 Å². The van der Waals surface area contributed by atoms with Crippen molar-refractivity contribution in [3.8, 4) is 23.0 Å². The third-order valence-corrected chi connectivity index (χ3v) is 4.09. The van der Waals surface area contributed by atoms with Crippen LogP contribution >= 0.6 is 0 Å². The average Bonchev–Trinajstić information content (AvgIpc) is 2.76. The van der Waals surface area contributed by atoms with Gasteiger partial charge in [-0.15, -0.1) is 0 Å². The van der Waals surface area contributed by atoms with Gasteiger partial charge in [-0.05, 0) is 48.5 Å². The van der Waals surface area contributed by atoms with Crippen molar-refractivity contribution < 1.29 is 27.8 Å². The second-order valence-corrected chi connectivity index (χ2v) is 6.22. The molecule has 30 heavy (non-hydrogen) atoms. The minimum absolute atomic E-state index is 0.0462. The molecular formula is C23H15FO6. The number of carbonyl (C=O) groups is 1. The Kier molecular flexibility index (Phi) is 5.43. The molecule has 4 aromatic rings.